The molecule has 0 fully saturated rings. The van der Waals surface area contributed by atoms with Gasteiger partial charge in [-0.1, -0.05) is 36.8 Å². The smallest absolute Gasteiger partial charge is 0 e. The summed E-state index contributed by atoms with van der Waals surface area (Å²) < 4.78 is 0. The van der Waals surface area contributed by atoms with Gasteiger partial charge in [-0.15, -0.1) is 0 Å². The summed E-state index contributed by atoms with van der Waals surface area (Å²) in [7, 11) is 0. The number of hydrogen-bond acceptors (Lipinski definition) is 0. The zero-order chi connectivity index (χ0) is 8.39. The predicted octanol–water partition coefficient (Wildman–Crippen LogP) is 3.24. The fourth-order valence-electron chi connectivity index (χ4n) is 1.78. The van der Waals surface area contributed by atoms with E-state index >= 15 is 0 Å². The van der Waals surface area contributed by atoms with Crippen molar-refractivity contribution in [3.63, 3.8) is 0 Å². The van der Waals surface area contributed by atoms with Crippen LogP contribution in [0, 0.1) is 6.92 Å². The molecule has 2 rings (SSSR count). The topological polar surface area (TPSA) is 0 Å². The Labute approximate surface area is 90.2 Å². The second-order valence-electron chi connectivity index (χ2n) is 3.19. The summed E-state index contributed by atoms with van der Waals surface area (Å²) in [5, 5.41) is 0. The zero-order valence-electron chi connectivity index (χ0n) is 7.55. The first-order valence-electron chi connectivity index (χ1n) is 4.48. The molecule has 0 saturated heterocycles. The number of hydrogen-bond donors (Lipinski definition) is 0. The Hall–Kier alpha value is -0.534. The van der Waals surface area contributed by atoms with Crippen LogP contribution in [0.3, 0.4) is 0 Å². The second-order valence-corrected chi connectivity index (χ2v) is 3.19. The van der Waals surface area contributed by atoms with Gasteiger partial charge in [0, 0.05) is 16.8 Å². The maximum atomic E-state index is 3.88. The average Bonchev–Trinajstić information content (AvgIpc) is 2.50. The molecule has 0 amide bonds. The van der Waals surface area contributed by atoms with Crippen LogP contribution < -0.4 is 0 Å². The molecule has 0 saturated carbocycles. The molecule has 0 aliphatic heterocycles. The summed E-state index contributed by atoms with van der Waals surface area (Å²) in [5.41, 5.74) is 4.41. The molecule has 0 N–H and O–H groups in total. The Morgan fingerprint density at radius 2 is 2.00 bits per heavy atom. The monoisotopic (exact) mass is 216 g/mol. The van der Waals surface area contributed by atoms with Crippen LogP contribution in [-0.4, -0.2) is 0 Å². The van der Waals surface area contributed by atoms with E-state index in [1.807, 2.05) is 0 Å². The van der Waals surface area contributed by atoms with Crippen LogP contribution in [0.5, 0.6) is 0 Å². The van der Waals surface area contributed by atoms with E-state index in [9.17, 15) is 0 Å². The third kappa shape index (κ3) is 2.04. The maximum absolute atomic E-state index is 3.88. The van der Waals surface area contributed by atoms with Crippen molar-refractivity contribution in [3.8, 4) is 0 Å². The Kier molecular flexibility index (Phi) is 3.76. The van der Waals surface area contributed by atoms with Crippen LogP contribution in [0.4, 0.5) is 0 Å². The number of fused-ring (bicyclic) bond motifs is 1. The molecule has 71 valence electrons. The largest absolute Gasteiger partial charge is 0.343 e. The SMILES string of the molecule is [CH2-]CCC1=CCc2ccccc21.[Co]. The van der Waals surface area contributed by atoms with Gasteiger partial charge in [0.15, 0.2) is 0 Å². The molecule has 0 heterocycles. The third-order valence-corrected chi connectivity index (χ3v) is 2.38. The van der Waals surface area contributed by atoms with Gasteiger partial charge in [-0.05, 0) is 23.1 Å². The van der Waals surface area contributed by atoms with Crippen LogP contribution >= 0.6 is 0 Å². The van der Waals surface area contributed by atoms with Crippen molar-refractivity contribution in [3.05, 3.63) is 48.4 Å². The summed E-state index contributed by atoms with van der Waals surface area (Å²) in [5.74, 6) is 0. The van der Waals surface area contributed by atoms with Gasteiger partial charge in [-0.25, -0.2) is 0 Å². The molecule has 1 aromatic carbocycles. The number of allylic oxidation sites excluding steroid dienone is 2. The first-order valence-corrected chi connectivity index (χ1v) is 4.48. The van der Waals surface area contributed by atoms with E-state index in [4.69, 9.17) is 0 Å². The second kappa shape index (κ2) is 4.63. The van der Waals surface area contributed by atoms with E-state index in [0.29, 0.717) is 0 Å². The van der Waals surface area contributed by atoms with Crippen molar-refractivity contribution in [2.45, 2.75) is 19.3 Å². The minimum Gasteiger partial charge on any atom is -0.343 e. The third-order valence-electron chi connectivity index (χ3n) is 2.38. The molecule has 0 aromatic heterocycles. The van der Waals surface area contributed by atoms with Crippen LogP contribution in [-0.2, 0) is 23.2 Å². The predicted molar refractivity (Wildman–Crippen MR) is 52.7 cm³/mol. The van der Waals surface area contributed by atoms with Crippen molar-refractivity contribution in [1.29, 1.82) is 0 Å². The molecule has 1 aromatic rings. The first-order chi connectivity index (χ1) is 5.92. The maximum Gasteiger partial charge on any atom is 0 e. The van der Waals surface area contributed by atoms with Gasteiger partial charge in [0.2, 0.25) is 0 Å². The van der Waals surface area contributed by atoms with E-state index in [1.165, 1.54) is 16.7 Å². The van der Waals surface area contributed by atoms with Gasteiger partial charge in [-0.3, -0.25) is 0 Å². The summed E-state index contributed by atoms with van der Waals surface area (Å²) in [4.78, 5) is 0. The summed E-state index contributed by atoms with van der Waals surface area (Å²) >= 11 is 0. The summed E-state index contributed by atoms with van der Waals surface area (Å²) in [6, 6.07) is 8.65. The van der Waals surface area contributed by atoms with E-state index in [0.717, 1.165) is 19.3 Å². The normalized spacial score (nSPS) is 13.2. The van der Waals surface area contributed by atoms with Gasteiger partial charge in [0.25, 0.3) is 0 Å². The molecule has 1 aliphatic carbocycles. The van der Waals surface area contributed by atoms with E-state index in [2.05, 4.69) is 37.3 Å². The van der Waals surface area contributed by atoms with Gasteiger partial charge in [0.1, 0.15) is 0 Å². The Bertz CT molecular complexity index is 313. The minimum atomic E-state index is 0. The minimum absolute atomic E-state index is 0. The molecule has 0 unspecified atom stereocenters. The van der Waals surface area contributed by atoms with Gasteiger partial charge in [0.05, 0.1) is 0 Å². The molecule has 0 atom stereocenters. The van der Waals surface area contributed by atoms with Gasteiger partial charge >= 0.3 is 0 Å². The number of rotatable bonds is 2. The quantitative estimate of drug-likeness (QED) is 0.666. The van der Waals surface area contributed by atoms with Crippen LogP contribution in [0.1, 0.15) is 24.0 Å². The van der Waals surface area contributed by atoms with Crippen LogP contribution in [0.15, 0.2) is 30.3 Å². The Morgan fingerprint density at radius 3 is 2.77 bits per heavy atom. The molecular formula is C12H13Co-. The molecule has 1 heteroatoms. The molecule has 0 nitrogen and oxygen atoms in total. The van der Waals surface area contributed by atoms with Crippen LogP contribution in [0.2, 0.25) is 0 Å². The van der Waals surface area contributed by atoms with Crippen molar-refractivity contribution in [2.75, 3.05) is 0 Å². The molecule has 13 heavy (non-hydrogen) atoms. The Morgan fingerprint density at radius 1 is 1.23 bits per heavy atom. The van der Waals surface area contributed by atoms with Crippen molar-refractivity contribution >= 4 is 5.57 Å². The van der Waals surface area contributed by atoms with Gasteiger partial charge in [-0.2, -0.15) is 6.42 Å². The molecule has 1 radical (unpaired) electrons. The fraction of sp³-hybridized carbons (Fsp3) is 0.250. The van der Waals surface area contributed by atoms with E-state index in [-0.39, 0.29) is 16.8 Å². The first kappa shape index (κ1) is 10.5. The van der Waals surface area contributed by atoms with Crippen molar-refractivity contribution in [2.24, 2.45) is 0 Å². The van der Waals surface area contributed by atoms with Gasteiger partial charge < -0.3 is 6.92 Å². The summed E-state index contributed by atoms with van der Waals surface area (Å²) in [6.45, 7) is 3.88. The van der Waals surface area contributed by atoms with Crippen molar-refractivity contribution in [1.82, 2.24) is 0 Å². The fourth-order valence-corrected chi connectivity index (χ4v) is 1.78. The Balaban J connectivity index is 0.000000845. The summed E-state index contributed by atoms with van der Waals surface area (Å²) in [6.07, 6.45) is 5.57. The molecule has 0 bridgehead atoms. The molecule has 1 aliphatic rings. The van der Waals surface area contributed by atoms with E-state index < -0.39 is 0 Å². The molecule has 0 spiro atoms. The molecular weight excluding hydrogens is 203 g/mol. The number of benzene rings is 1. The average molecular weight is 216 g/mol. The van der Waals surface area contributed by atoms with Crippen molar-refractivity contribution < 1.29 is 16.8 Å². The van der Waals surface area contributed by atoms with E-state index in [1.54, 1.807) is 0 Å². The zero-order valence-corrected chi connectivity index (χ0v) is 8.59. The standard InChI is InChI=1S/C12H13.Co/c1-2-5-10-8-9-11-6-3-4-7-12(10)11;/h3-4,6-8H,1-2,5,9H2;/q-1;. The van der Waals surface area contributed by atoms with Crippen LogP contribution in [0.25, 0.3) is 5.57 Å².